The number of aromatic nitrogens is 3. The molecule has 0 spiro atoms. The van der Waals surface area contributed by atoms with E-state index in [4.69, 9.17) is 5.11 Å². The number of rotatable bonds is 11. The number of nitrogens with one attached hydrogen (secondary N) is 4. The first kappa shape index (κ1) is 27.0. The van der Waals surface area contributed by atoms with Gasteiger partial charge in [-0.05, 0) is 63.3 Å². The van der Waals surface area contributed by atoms with Crippen LogP contribution in [-0.4, -0.2) is 60.3 Å². The van der Waals surface area contributed by atoms with E-state index in [2.05, 4.69) is 35.6 Å². The number of benzene rings is 2. The van der Waals surface area contributed by atoms with Gasteiger partial charge in [0.15, 0.2) is 0 Å². The number of anilines is 3. The lowest BCUT2D eigenvalue weighted by Crippen LogP contribution is -2.38. The van der Waals surface area contributed by atoms with Crippen molar-refractivity contribution in [3.63, 3.8) is 0 Å². The van der Waals surface area contributed by atoms with E-state index < -0.39 is 10.0 Å². The highest BCUT2D eigenvalue weighted by Crippen LogP contribution is 2.29. The minimum atomic E-state index is -3.64. The average Bonchev–Trinajstić information content (AvgIpc) is 2.86. The molecule has 11 heteroatoms. The molecule has 3 aromatic rings. The maximum absolute atomic E-state index is 13.4. The van der Waals surface area contributed by atoms with Gasteiger partial charge in [-0.15, -0.1) is 0 Å². The minimum absolute atomic E-state index is 0.0194. The third-order valence-electron chi connectivity index (χ3n) is 6.51. The molecule has 0 amide bonds. The Kier molecular flexibility index (Phi) is 8.78. The van der Waals surface area contributed by atoms with Crippen molar-refractivity contribution in [3.05, 3.63) is 42.0 Å². The molecule has 37 heavy (non-hydrogen) atoms. The standard InChI is InChI=1S/C26H37N7O3S/c1-17(2)29-26-31-24(27-14-15-34)30-25(32-26)28-16-19-9-12-21(13-10-19)33-37(35,36)23-18(3)8-11-20-6-4-5-7-22(20)23/h4-8,11,17,19,21,33-34H,9-10,12-16H2,1-3H3,(H3,27,28,29,30,31,32). The maximum atomic E-state index is 13.4. The largest absolute Gasteiger partial charge is 0.395 e. The molecule has 1 saturated carbocycles. The number of nitrogens with zero attached hydrogens (tertiary/aromatic N) is 3. The Labute approximate surface area is 218 Å². The molecule has 10 nitrogen and oxygen atoms in total. The van der Waals surface area contributed by atoms with Crippen molar-refractivity contribution >= 4 is 38.6 Å². The lowest BCUT2D eigenvalue weighted by Gasteiger charge is -2.29. The van der Waals surface area contributed by atoms with E-state index >= 15 is 0 Å². The number of sulfonamides is 1. The summed E-state index contributed by atoms with van der Waals surface area (Å²) in [4.78, 5) is 13.6. The third kappa shape index (κ3) is 7.06. The molecule has 0 unspecified atom stereocenters. The van der Waals surface area contributed by atoms with Crippen molar-refractivity contribution in [3.8, 4) is 0 Å². The Morgan fingerprint density at radius 3 is 2.32 bits per heavy atom. The first-order chi connectivity index (χ1) is 17.7. The fraction of sp³-hybridized carbons (Fsp3) is 0.500. The Morgan fingerprint density at radius 1 is 0.946 bits per heavy atom. The quantitative estimate of drug-likeness (QED) is 0.253. The van der Waals surface area contributed by atoms with E-state index in [0.29, 0.717) is 41.7 Å². The molecule has 2 aromatic carbocycles. The predicted octanol–water partition coefficient (Wildman–Crippen LogP) is 3.51. The summed E-state index contributed by atoms with van der Waals surface area (Å²) in [5, 5.41) is 20.3. The Morgan fingerprint density at radius 2 is 1.62 bits per heavy atom. The molecule has 0 atom stereocenters. The van der Waals surface area contributed by atoms with Crippen LogP contribution in [-0.2, 0) is 10.0 Å². The van der Waals surface area contributed by atoms with Crippen molar-refractivity contribution in [1.29, 1.82) is 0 Å². The van der Waals surface area contributed by atoms with Crippen LogP contribution in [0, 0.1) is 12.8 Å². The molecular weight excluding hydrogens is 490 g/mol. The van der Waals surface area contributed by atoms with Crippen molar-refractivity contribution in [2.24, 2.45) is 5.92 Å². The van der Waals surface area contributed by atoms with Crippen LogP contribution < -0.4 is 20.7 Å². The van der Waals surface area contributed by atoms with Crippen LogP contribution in [0.1, 0.15) is 45.1 Å². The summed E-state index contributed by atoms with van der Waals surface area (Å²) < 4.78 is 29.7. The molecule has 0 bridgehead atoms. The summed E-state index contributed by atoms with van der Waals surface area (Å²) >= 11 is 0. The second kappa shape index (κ2) is 12.0. The van der Waals surface area contributed by atoms with Crippen molar-refractivity contribution in [2.75, 3.05) is 35.6 Å². The van der Waals surface area contributed by atoms with Crippen LogP contribution >= 0.6 is 0 Å². The molecule has 1 aliphatic rings. The van der Waals surface area contributed by atoms with E-state index in [1.807, 2.05) is 57.2 Å². The molecule has 5 N–H and O–H groups in total. The van der Waals surface area contributed by atoms with Gasteiger partial charge in [0.2, 0.25) is 27.9 Å². The number of aryl methyl sites for hydroxylation is 1. The Bertz CT molecular complexity index is 1310. The summed E-state index contributed by atoms with van der Waals surface area (Å²) in [6.07, 6.45) is 3.34. The van der Waals surface area contributed by atoms with Gasteiger partial charge in [0.05, 0.1) is 11.5 Å². The van der Waals surface area contributed by atoms with Gasteiger partial charge in [-0.1, -0.05) is 36.4 Å². The number of fused-ring (bicyclic) bond motifs is 1. The number of hydrogen-bond acceptors (Lipinski definition) is 9. The maximum Gasteiger partial charge on any atom is 0.241 e. The molecule has 4 rings (SSSR count). The SMILES string of the molecule is Cc1ccc2ccccc2c1S(=O)(=O)NC1CCC(CNc2nc(NCCO)nc(NC(C)C)n2)CC1. The monoisotopic (exact) mass is 527 g/mol. The first-order valence-electron chi connectivity index (χ1n) is 12.9. The van der Waals surface area contributed by atoms with E-state index in [-0.39, 0.29) is 18.7 Å². The van der Waals surface area contributed by atoms with Gasteiger partial charge in [0.1, 0.15) is 0 Å². The highest BCUT2D eigenvalue weighted by Gasteiger charge is 2.28. The topological polar surface area (TPSA) is 141 Å². The molecular formula is C26H37N7O3S. The van der Waals surface area contributed by atoms with Crippen LogP contribution in [0.2, 0.25) is 0 Å². The highest BCUT2D eigenvalue weighted by molar-refractivity contribution is 7.89. The zero-order valence-corrected chi connectivity index (χ0v) is 22.5. The summed E-state index contributed by atoms with van der Waals surface area (Å²) in [5.41, 5.74) is 0.751. The molecule has 1 aliphatic carbocycles. The smallest absolute Gasteiger partial charge is 0.241 e. The molecule has 1 fully saturated rings. The van der Waals surface area contributed by atoms with Crippen molar-refractivity contribution in [1.82, 2.24) is 19.7 Å². The lowest BCUT2D eigenvalue weighted by atomic mass is 9.86. The van der Waals surface area contributed by atoms with Gasteiger partial charge in [-0.3, -0.25) is 0 Å². The van der Waals surface area contributed by atoms with Gasteiger partial charge >= 0.3 is 0 Å². The zero-order valence-electron chi connectivity index (χ0n) is 21.7. The summed E-state index contributed by atoms with van der Waals surface area (Å²) in [5.74, 6) is 1.71. The van der Waals surface area contributed by atoms with E-state index in [9.17, 15) is 8.42 Å². The van der Waals surface area contributed by atoms with Gasteiger partial charge < -0.3 is 21.1 Å². The Hall–Kier alpha value is -3.02. The minimum Gasteiger partial charge on any atom is -0.395 e. The predicted molar refractivity (Wildman–Crippen MR) is 147 cm³/mol. The number of hydrogen-bond donors (Lipinski definition) is 5. The summed E-state index contributed by atoms with van der Waals surface area (Å²) in [6, 6.07) is 11.5. The molecule has 0 saturated heterocycles. The molecule has 1 heterocycles. The van der Waals surface area contributed by atoms with Gasteiger partial charge in [0.25, 0.3) is 0 Å². The zero-order chi connectivity index (χ0) is 26.4. The van der Waals surface area contributed by atoms with Gasteiger partial charge in [-0.2, -0.15) is 15.0 Å². The van der Waals surface area contributed by atoms with Crippen molar-refractivity contribution < 1.29 is 13.5 Å². The summed E-state index contributed by atoms with van der Waals surface area (Å²) in [6.45, 7) is 6.87. The fourth-order valence-electron chi connectivity index (χ4n) is 4.73. The molecule has 200 valence electrons. The van der Waals surface area contributed by atoms with E-state index in [0.717, 1.165) is 42.0 Å². The van der Waals surface area contributed by atoms with E-state index in [1.165, 1.54) is 0 Å². The summed E-state index contributed by atoms with van der Waals surface area (Å²) in [7, 11) is -3.64. The molecule has 0 aliphatic heterocycles. The second-order valence-corrected chi connectivity index (χ2v) is 11.6. The van der Waals surface area contributed by atoms with Crippen LogP contribution in [0.3, 0.4) is 0 Å². The number of aliphatic hydroxyl groups excluding tert-OH is 1. The third-order valence-corrected chi connectivity index (χ3v) is 8.23. The molecule has 1 aromatic heterocycles. The van der Waals surface area contributed by atoms with Gasteiger partial charge in [0, 0.05) is 30.6 Å². The number of aliphatic hydroxyl groups is 1. The normalized spacial score (nSPS) is 18.2. The van der Waals surface area contributed by atoms with Gasteiger partial charge in [-0.25, -0.2) is 13.1 Å². The molecule has 0 radical (unpaired) electrons. The van der Waals surface area contributed by atoms with Crippen LogP contribution in [0.4, 0.5) is 17.8 Å². The highest BCUT2D eigenvalue weighted by atomic mass is 32.2. The van der Waals surface area contributed by atoms with Crippen LogP contribution in [0.5, 0.6) is 0 Å². The Balaban J connectivity index is 1.35. The second-order valence-electron chi connectivity index (χ2n) is 9.91. The van der Waals surface area contributed by atoms with E-state index in [1.54, 1.807) is 0 Å². The first-order valence-corrected chi connectivity index (χ1v) is 14.4. The van der Waals surface area contributed by atoms with Crippen molar-refractivity contribution in [2.45, 2.75) is 63.4 Å². The lowest BCUT2D eigenvalue weighted by molar-refractivity contribution is 0.310. The average molecular weight is 528 g/mol. The van der Waals surface area contributed by atoms with Crippen LogP contribution in [0.25, 0.3) is 10.8 Å². The van der Waals surface area contributed by atoms with Crippen LogP contribution in [0.15, 0.2) is 41.3 Å². The fourth-order valence-corrected chi connectivity index (χ4v) is 6.49.